The quantitative estimate of drug-likeness (QED) is 0.156. The van der Waals surface area contributed by atoms with Crippen LogP contribution in [0.15, 0.2) is 31.2 Å². The highest BCUT2D eigenvalue weighted by molar-refractivity contribution is 8.44. The first kappa shape index (κ1) is 29.9. The number of nitrogens with zero attached hydrogens (tertiary/aromatic N) is 7. The summed E-state index contributed by atoms with van der Waals surface area (Å²) in [4.78, 5) is 20.4. The van der Waals surface area contributed by atoms with Crippen molar-refractivity contribution in [3.8, 4) is 0 Å². The first-order chi connectivity index (χ1) is 20.9. The molecule has 3 aliphatic heterocycles. The average molecular weight is 673 g/mol. The lowest BCUT2D eigenvalue weighted by Crippen LogP contribution is -2.37. The number of ether oxygens (including phenoxy) is 2. The lowest BCUT2D eigenvalue weighted by atomic mass is 10.1. The van der Waals surface area contributed by atoms with Gasteiger partial charge in [0.1, 0.15) is 41.8 Å². The van der Waals surface area contributed by atoms with E-state index in [1.807, 2.05) is 0 Å². The second-order valence-corrected chi connectivity index (χ2v) is 15.2. The number of nitrogens with two attached hydrogens (primary N) is 2. The Morgan fingerprint density at radius 1 is 0.864 bits per heavy atom. The van der Waals surface area contributed by atoms with Crippen LogP contribution in [0.2, 0.25) is 0 Å². The van der Waals surface area contributed by atoms with Gasteiger partial charge in [0.2, 0.25) is 0 Å². The van der Waals surface area contributed by atoms with Crippen molar-refractivity contribution in [3.05, 3.63) is 31.2 Å². The van der Waals surface area contributed by atoms with E-state index in [4.69, 9.17) is 39.0 Å². The van der Waals surface area contributed by atoms with Gasteiger partial charge in [0.25, 0.3) is 15.0 Å². The molecule has 0 amide bonds. The predicted molar refractivity (Wildman–Crippen MR) is 154 cm³/mol. The second kappa shape index (κ2) is 11.0. The smallest absolute Gasteiger partial charge is 0.386 e. The van der Waals surface area contributed by atoms with Gasteiger partial charge in [0, 0.05) is 6.20 Å². The molecular weight excluding hydrogens is 649 g/mol. The number of rotatable bonds is 2. The number of thiol groups is 1. The lowest BCUT2D eigenvalue weighted by molar-refractivity contribution is -0.0546. The van der Waals surface area contributed by atoms with E-state index >= 15 is 8.78 Å². The van der Waals surface area contributed by atoms with E-state index in [0.29, 0.717) is 11.2 Å². The minimum atomic E-state index is -4.36. The van der Waals surface area contributed by atoms with Crippen LogP contribution in [-0.4, -0.2) is 91.6 Å². The third-order valence-corrected chi connectivity index (χ3v) is 10.3. The summed E-state index contributed by atoms with van der Waals surface area (Å²) in [6.45, 7) is -5.53. The molecule has 4 N–H and O–H groups in total. The van der Waals surface area contributed by atoms with Crippen molar-refractivity contribution < 1.29 is 45.5 Å². The Labute approximate surface area is 252 Å². The molecule has 7 rings (SSSR count). The van der Waals surface area contributed by atoms with E-state index in [2.05, 4.69) is 37.2 Å². The highest BCUT2D eigenvalue weighted by Crippen LogP contribution is 2.58. The van der Waals surface area contributed by atoms with Crippen LogP contribution in [0.25, 0.3) is 22.3 Å². The molecule has 17 nitrogen and oxygen atoms in total. The fraction of sp³-hybridized carbons (Fsp3) is 0.476. The molecule has 0 saturated carbocycles. The van der Waals surface area contributed by atoms with E-state index in [0.717, 1.165) is 7.57 Å². The Bertz CT molecular complexity index is 1710. The summed E-state index contributed by atoms with van der Waals surface area (Å²) >= 11 is 4.01. The van der Waals surface area contributed by atoms with Crippen LogP contribution in [-0.2, 0) is 36.7 Å². The number of pyridine rings is 1. The summed E-state index contributed by atoms with van der Waals surface area (Å²) in [5.74, 6) is 0.0633. The Morgan fingerprint density at radius 2 is 1.45 bits per heavy atom. The molecule has 10 atom stereocenters. The third-order valence-electron chi connectivity index (χ3n) is 7.40. The molecular formula is C21H24BF2N9O8P2S. The topological polar surface area (TPSA) is 216 Å². The molecule has 4 aromatic rings. The van der Waals surface area contributed by atoms with Crippen LogP contribution >= 0.6 is 26.5 Å². The molecule has 23 heteroatoms. The monoisotopic (exact) mass is 673 g/mol. The molecule has 4 aromatic heterocycles. The van der Waals surface area contributed by atoms with Crippen molar-refractivity contribution in [1.29, 1.82) is 0 Å². The van der Waals surface area contributed by atoms with Crippen molar-refractivity contribution in [3.63, 3.8) is 0 Å². The maximum absolute atomic E-state index is 16.0. The molecule has 7 heterocycles. The van der Waals surface area contributed by atoms with Crippen molar-refractivity contribution >= 4 is 67.9 Å². The van der Waals surface area contributed by atoms with Crippen LogP contribution in [0.1, 0.15) is 12.5 Å². The third kappa shape index (κ3) is 5.19. The number of nitrogen functional groups attached to an aromatic ring is 2. The number of anilines is 2. The average Bonchev–Trinajstić information content (AvgIpc) is 3.73. The number of alkyl halides is 2. The number of hydrogen-bond donors (Lipinski definition) is 3. The Kier molecular flexibility index (Phi) is 7.46. The molecule has 234 valence electrons. The largest absolute Gasteiger partial charge is 0.397 e. The van der Waals surface area contributed by atoms with E-state index in [1.54, 1.807) is 0 Å². The standard InChI is InChI=1S/C21H24BF2N9O8P2S/c22-42(34)36-3-9-16(12(24)21(38-9)33-7-31-14-17(26)28-5-29-19(14)33)41-43(35,44)37-4-10-15(40-42)11(23)20(39-10)32-6-30-13-8(25)1-2-27-18(13)32/h1-2,5-7,9-12,15-16,20-21H,3-4,22H2,(H2,25,27)(H,35,44)(H2,26,28,29)/t9-,10?,11-,12-,15-,16-,20-,21-,42?,43?/m1/s1. The minimum absolute atomic E-state index is 0.0633. The second-order valence-electron chi connectivity index (χ2n) is 10.3. The van der Waals surface area contributed by atoms with Crippen LogP contribution in [0.5, 0.6) is 0 Å². The van der Waals surface area contributed by atoms with Crippen LogP contribution in [0, 0.1) is 0 Å². The van der Waals surface area contributed by atoms with Gasteiger partial charge in [-0.25, -0.2) is 38.3 Å². The number of fused-ring (bicyclic) bond motifs is 4. The van der Waals surface area contributed by atoms with Crippen molar-refractivity contribution in [2.24, 2.45) is 0 Å². The summed E-state index contributed by atoms with van der Waals surface area (Å²) < 4.78 is 95.2. The summed E-state index contributed by atoms with van der Waals surface area (Å²) in [6.07, 6.45) is -7.32. The van der Waals surface area contributed by atoms with Gasteiger partial charge in [0.05, 0.1) is 31.6 Å². The zero-order valence-corrected chi connectivity index (χ0v) is 25.3. The fourth-order valence-electron chi connectivity index (χ4n) is 5.36. The van der Waals surface area contributed by atoms with E-state index in [9.17, 15) is 9.13 Å². The highest BCUT2D eigenvalue weighted by Gasteiger charge is 2.54. The Hall–Kier alpha value is -2.74. The van der Waals surface area contributed by atoms with E-state index in [1.165, 1.54) is 40.4 Å². The number of imidazole rings is 2. The molecule has 0 aliphatic carbocycles. The summed E-state index contributed by atoms with van der Waals surface area (Å²) in [7, 11) is -2.95. The molecule has 3 fully saturated rings. The molecule has 44 heavy (non-hydrogen) atoms. The summed E-state index contributed by atoms with van der Waals surface area (Å²) in [5.41, 5.74) is 13.0. The fourth-order valence-corrected chi connectivity index (χ4v) is 8.02. The number of aromatic nitrogens is 7. The van der Waals surface area contributed by atoms with Crippen molar-refractivity contribution in [2.45, 2.75) is 49.2 Å². The Balaban J connectivity index is 1.17. The van der Waals surface area contributed by atoms with Gasteiger partial charge in [0.15, 0.2) is 41.9 Å². The number of halogens is 2. The van der Waals surface area contributed by atoms with Crippen LogP contribution in [0.4, 0.5) is 20.3 Å². The van der Waals surface area contributed by atoms with E-state index in [-0.39, 0.29) is 22.6 Å². The van der Waals surface area contributed by atoms with E-state index < -0.39 is 76.7 Å². The molecule has 0 aromatic carbocycles. The Morgan fingerprint density at radius 3 is 2.14 bits per heavy atom. The molecule has 3 aliphatic rings. The highest BCUT2D eigenvalue weighted by atomic mass is 32.7. The normalized spacial score (nSPS) is 38.2. The predicted octanol–water partition coefficient (Wildman–Crippen LogP) is 1.50. The SMILES string of the molecule is BP1(=O)OC[C@H]2O[C@@H](n3cnc4c(N)ncnc43)[C@H](F)[C@@H]2OP(=O)(S)OCC2O[C@@H](n3cnc4c(N)ccnc43)[C@H](F)[C@@H]2O1. The maximum atomic E-state index is 16.0. The van der Waals surface area contributed by atoms with Crippen molar-refractivity contribution in [2.75, 3.05) is 24.7 Å². The molecule has 0 radical (unpaired) electrons. The molecule has 0 spiro atoms. The summed E-state index contributed by atoms with van der Waals surface area (Å²) in [5, 5.41) is 0. The molecule has 0 bridgehead atoms. The zero-order valence-electron chi connectivity index (χ0n) is 22.6. The summed E-state index contributed by atoms with van der Waals surface area (Å²) in [6, 6.07) is 1.53. The lowest BCUT2D eigenvalue weighted by Gasteiger charge is -2.29. The first-order valence-corrected chi connectivity index (χ1v) is 17.8. The van der Waals surface area contributed by atoms with Gasteiger partial charge in [-0.2, -0.15) is 0 Å². The minimum Gasteiger partial charge on any atom is -0.397 e. The number of hydrogen-bond acceptors (Lipinski definition) is 15. The van der Waals surface area contributed by atoms with Crippen LogP contribution in [0.3, 0.4) is 0 Å². The van der Waals surface area contributed by atoms with Gasteiger partial charge >= 0.3 is 6.80 Å². The van der Waals surface area contributed by atoms with Gasteiger partial charge < -0.3 is 30.0 Å². The first-order valence-electron chi connectivity index (χ1n) is 13.1. The van der Waals surface area contributed by atoms with Gasteiger partial charge in [-0.05, 0) is 6.07 Å². The molecule has 3 saturated heterocycles. The zero-order chi connectivity index (χ0) is 31.0. The van der Waals surface area contributed by atoms with Crippen molar-refractivity contribution in [1.82, 2.24) is 34.1 Å². The van der Waals surface area contributed by atoms with Gasteiger partial charge in [-0.3, -0.25) is 22.7 Å². The maximum Gasteiger partial charge on any atom is 0.386 e. The van der Waals surface area contributed by atoms with Gasteiger partial charge in [-0.1, -0.05) is 12.2 Å². The van der Waals surface area contributed by atoms with Gasteiger partial charge in [-0.15, -0.1) is 0 Å². The molecule has 3 unspecified atom stereocenters. The van der Waals surface area contributed by atoms with Crippen LogP contribution < -0.4 is 11.5 Å².